The van der Waals surface area contributed by atoms with E-state index in [1.165, 1.54) is 11.5 Å². The van der Waals surface area contributed by atoms with Gasteiger partial charge in [0.2, 0.25) is 11.8 Å². The molecule has 0 radical (unpaired) electrons. The van der Waals surface area contributed by atoms with Crippen LogP contribution in [-0.4, -0.2) is 39.8 Å². The van der Waals surface area contributed by atoms with Gasteiger partial charge in [-0.15, -0.1) is 0 Å². The van der Waals surface area contributed by atoms with Gasteiger partial charge in [-0.3, -0.25) is 9.59 Å². The smallest absolute Gasteiger partial charge is 0.246 e. The molecule has 168 valence electrons. The lowest BCUT2D eigenvalue weighted by atomic mass is 10.0. The Morgan fingerprint density at radius 2 is 1.75 bits per heavy atom. The summed E-state index contributed by atoms with van der Waals surface area (Å²) in [6.45, 7) is 0.464. The van der Waals surface area contributed by atoms with E-state index >= 15 is 0 Å². The molecule has 0 saturated carbocycles. The molecular weight excluding hydrogens is 424 g/mol. The molecule has 0 aliphatic rings. The number of nitrogens with one attached hydrogen (secondary N) is 2. The first kappa shape index (κ1) is 23.5. The van der Waals surface area contributed by atoms with Crippen molar-refractivity contribution in [2.24, 2.45) is 11.5 Å². The molecule has 1 aromatic heterocycles. The average molecular weight is 453 g/mol. The van der Waals surface area contributed by atoms with Gasteiger partial charge in [0.05, 0.1) is 6.04 Å². The van der Waals surface area contributed by atoms with Crippen LogP contribution < -0.4 is 22.1 Å². The van der Waals surface area contributed by atoms with Gasteiger partial charge in [0, 0.05) is 11.3 Å². The molecule has 3 aromatic rings. The minimum atomic E-state index is -0.716. The van der Waals surface area contributed by atoms with Crippen molar-refractivity contribution in [3.63, 3.8) is 0 Å². The first-order chi connectivity index (χ1) is 15.6. The lowest BCUT2D eigenvalue weighted by molar-refractivity contribution is -0.127. The third-order valence-corrected chi connectivity index (χ3v) is 5.50. The van der Waals surface area contributed by atoms with Crippen LogP contribution in [-0.2, 0) is 16.0 Å². The van der Waals surface area contributed by atoms with Gasteiger partial charge in [-0.2, -0.15) is 4.37 Å². The predicted octanol–water partition coefficient (Wildman–Crippen LogP) is 2.33. The van der Waals surface area contributed by atoms with Crippen molar-refractivity contribution < 1.29 is 9.59 Å². The fourth-order valence-corrected chi connectivity index (χ4v) is 3.65. The molecule has 0 aliphatic heterocycles. The average Bonchev–Trinajstić information content (AvgIpc) is 3.36. The number of anilines is 1. The molecule has 6 N–H and O–H groups in total. The first-order valence-electron chi connectivity index (χ1n) is 10.5. The summed E-state index contributed by atoms with van der Waals surface area (Å²) in [5.41, 5.74) is 15.7. The van der Waals surface area contributed by atoms with Gasteiger partial charge >= 0.3 is 0 Å². The SMILES string of the molecule is NCCC[C@H](N)C(=O)N[C@H](CCc1ccccc1)C(=O)Nc1ccc(-c2ncsn2)cc1. The molecule has 0 bridgehead atoms. The maximum atomic E-state index is 13.0. The maximum Gasteiger partial charge on any atom is 0.246 e. The zero-order chi connectivity index (χ0) is 22.8. The zero-order valence-electron chi connectivity index (χ0n) is 17.7. The van der Waals surface area contributed by atoms with Crippen molar-refractivity contribution in [1.29, 1.82) is 0 Å². The van der Waals surface area contributed by atoms with Gasteiger partial charge in [0.1, 0.15) is 11.6 Å². The van der Waals surface area contributed by atoms with Crippen LogP contribution in [0.1, 0.15) is 24.8 Å². The Morgan fingerprint density at radius 3 is 2.41 bits per heavy atom. The van der Waals surface area contributed by atoms with E-state index in [0.29, 0.717) is 43.7 Å². The Balaban J connectivity index is 1.66. The largest absolute Gasteiger partial charge is 0.343 e. The van der Waals surface area contributed by atoms with Crippen LogP contribution in [0, 0.1) is 0 Å². The standard InChI is InChI=1S/C23H28N6O2S/c24-14-4-7-19(25)22(30)28-20(13-8-16-5-2-1-3-6-16)23(31)27-18-11-9-17(10-12-18)21-26-15-32-29-21/h1-3,5-6,9-12,15,19-20H,4,7-8,13-14,24-25H2,(H,27,31)(H,28,30)/t19-,20+/m0/s1. The summed E-state index contributed by atoms with van der Waals surface area (Å²) in [5.74, 6) is 0.00352. The summed E-state index contributed by atoms with van der Waals surface area (Å²) in [5, 5.41) is 5.70. The van der Waals surface area contributed by atoms with E-state index in [0.717, 1.165) is 11.1 Å². The van der Waals surface area contributed by atoms with Crippen LogP contribution in [0.15, 0.2) is 60.1 Å². The Bertz CT molecular complexity index is 979. The number of carbonyl (C=O) groups excluding carboxylic acids is 2. The molecule has 8 nitrogen and oxygen atoms in total. The normalized spacial score (nSPS) is 12.7. The summed E-state index contributed by atoms with van der Waals surface area (Å²) in [6, 6.07) is 15.7. The predicted molar refractivity (Wildman–Crippen MR) is 127 cm³/mol. The molecule has 3 rings (SSSR count). The van der Waals surface area contributed by atoms with E-state index in [4.69, 9.17) is 11.5 Å². The quantitative estimate of drug-likeness (QED) is 0.352. The van der Waals surface area contributed by atoms with Crippen LogP contribution in [0.5, 0.6) is 0 Å². The van der Waals surface area contributed by atoms with Gasteiger partial charge in [0.15, 0.2) is 5.82 Å². The molecule has 2 aromatic carbocycles. The summed E-state index contributed by atoms with van der Waals surface area (Å²) < 4.78 is 4.20. The molecular formula is C23H28N6O2S. The second-order valence-corrected chi connectivity index (χ2v) is 8.05. The summed E-state index contributed by atoms with van der Waals surface area (Å²) in [7, 11) is 0. The molecule has 0 aliphatic carbocycles. The molecule has 0 unspecified atom stereocenters. The molecule has 0 saturated heterocycles. The highest BCUT2D eigenvalue weighted by atomic mass is 32.1. The van der Waals surface area contributed by atoms with E-state index in [2.05, 4.69) is 20.0 Å². The summed E-state index contributed by atoms with van der Waals surface area (Å²) >= 11 is 1.28. The highest BCUT2D eigenvalue weighted by Gasteiger charge is 2.23. The monoisotopic (exact) mass is 452 g/mol. The number of hydrogen-bond acceptors (Lipinski definition) is 7. The van der Waals surface area contributed by atoms with E-state index in [1.54, 1.807) is 17.6 Å². The van der Waals surface area contributed by atoms with Gasteiger partial charge in [-0.1, -0.05) is 30.3 Å². The molecule has 2 atom stereocenters. The van der Waals surface area contributed by atoms with Crippen molar-refractivity contribution in [1.82, 2.24) is 14.7 Å². The van der Waals surface area contributed by atoms with Gasteiger partial charge in [-0.25, -0.2) is 4.98 Å². The Labute approximate surface area is 191 Å². The second kappa shape index (κ2) is 12.0. The number of carbonyl (C=O) groups is 2. The number of aromatic nitrogens is 2. The summed E-state index contributed by atoms with van der Waals surface area (Å²) in [4.78, 5) is 29.7. The molecule has 32 heavy (non-hydrogen) atoms. The molecule has 9 heteroatoms. The summed E-state index contributed by atoms with van der Waals surface area (Å²) in [6.07, 6.45) is 2.22. The third-order valence-electron chi connectivity index (χ3n) is 5.03. The van der Waals surface area contributed by atoms with Crippen LogP contribution in [0.4, 0.5) is 5.69 Å². The Kier molecular flexibility index (Phi) is 8.85. The second-order valence-electron chi connectivity index (χ2n) is 7.44. The van der Waals surface area contributed by atoms with Crippen molar-refractivity contribution in [2.45, 2.75) is 37.8 Å². The number of rotatable bonds is 11. The van der Waals surface area contributed by atoms with Crippen LogP contribution in [0.2, 0.25) is 0 Å². The minimum absolute atomic E-state index is 0.292. The fourth-order valence-electron chi connectivity index (χ4n) is 3.20. The lowest BCUT2D eigenvalue weighted by Crippen LogP contribution is -2.50. The van der Waals surface area contributed by atoms with E-state index < -0.39 is 12.1 Å². The van der Waals surface area contributed by atoms with E-state index in [9.17, 15) is 9.59 Å². The zero-order valence-corrected chi connectivity index (χ0v) is 18.6. The number of nitrogens with two attached hydrogens (primary N) is 2. The number of nitrogens with zero attached hydrogens (tertiary/aromatic N) is 2. The van der Waals surface area contributed by atoms with Crippen molar-refractivity contribution in [3.8, 4) is 11.4 Å². The number of aryl methyl sites for hydroxylation is 1. The van der Waals surface area contributed by atoms with Crippen molar-refractivity contribution >= 4 is 29.0 Å². The highest BCUT2D eigenvalue weighted by Crippen LogP contribution is 2.19. The first-order valence-corrected chi connectivity index (χ1v) is 11.4. The Hall–Kier alpha value is -3.14. The highest BCUT2D eigenvalue weighted by molar-refractivity contribution is 7.03. The van der Waals surface area contributed by atoms with Crippen LogP contribution >= 0.6 is 11.5 Å². The van der Waals surface area contributed by atoms with Crippen molar-refractivity contribution in [2.75, 3.05) is 11.9 Å². The van der Waals surface area contributed by atoms with E-state index in [-0.39, 0.29) is 11.8 Å². The molecule has 0 fully saturated rings. The van der Waals surface area contributed by atoms with Gasteiger partial charge < -0.3 is 22.1 Å². The number of hydrogen-bond donors (Lipinski definition) is 4. The number of amides is 2. The molecule has 2 amide bonds. The number of benzene rings is 2. The molecule has 1 heterocycles. The lowest BCUT2D eigenvalue weighted by Gasteiger charge is -2.21. The van der Waals surface area contributed by atoms with Crippen LogP contribution in [0.25, 0.3) is 11.4 Å². The minimum Gasteiger partial charge on any atom is -0.343 e. The van der Waals surface area contributed by atoms with Crippen molar-refractivity contribution in [3.05, 3.63) is 65.7 Å². The van der Waals surface area contributed by atoms with E-state index in [1.807, 2.05) is 42.5 Å². The maximum absolute atomic E-state index is 13.0. The topological polar surface area (TPSA) is 136 Å². The third kappa shape index (κ3) is 6.94. The fraction of sp³-hybridized carbons (Fsp3) is 0.304. The Morgan fingerprint density at radius 1 is 1.00 bits per heavy atom. The van der Waals surface area contributed by atoms with Gasteiger partial charge in [0.25, 0.3) is 0 Å². The van der Waals surface area contributed by atoms with Crippen LogP contribution in [0.3, 0.4) is 0 Å². The van der Waals surface area contributed by atoms with Gasteiger partial charge in [-0.05, 0) is 73.6 Å². The molecule has 0 spiro atoms.